The Morgan fingerprint density at radius 2 is 2.10 bits per heavy atom. The molecule has 0 radical (unpaired) electrons. The molecule has 1 fully saturated rings. The second-order valence-corrected chi connectivity index (χ2v) is 3.20. The van der Waals surface area contributed by atoms with Crippen molar-refractivity contribution in [3.8, 4) is 6.07 Å². The van der Waals surface area contributed by atoms with Gasteiger partial charge in [0.2, 0.25) is 0 Å². The first kappa shape index (κ1) is 7.60. The molecule has 1 heteroatoms. The lowest BCUT2D eigenvalue weighted by molar-refractivity contribution is 0.160. The van der Waals surface area contributed by atoms with Gasteiger partial charge in [0.15, 0.2) is 0 Å². The van der Waals surface area contributed by atoms with E-state index >= 15 is 0 Å². The van der Waals surface area contributed by atoms with E-state index in [0.29, 0.717) is 0 Å². The van der Waals surface area contributed by atoms with Crippen LogP contribution in [-0.4, -0.2) is 0 Å². The molecule has 0 amide bonds. The average molecular weight is 137 g/mol. The minimum Gasteiger partial charge on any atom is -0.198 e. The number of hydrogen-bond donors (Lipinski definition) is 0. The van der Waals surface area contributed by atoms with E-state index < -0.39 is 0 Å². The third-order valence-electron chi connectivity index (χ3n) is 2.73. The van der Waals surface area contributed by atoms with Gasteiger partial charge in [-0.05, 0) is 31.1 Å². The van der Waals surface area contributed by atoms with Gasteiger partial charge in [-0.15, -0.1) is 0 Å². The van der Waals surface area contributed by atoms with E-state index in [1.54, 1.807) is 0 Å². The molecule has 56 valence electrons. The molecule has 1 nitrogen and oxygen atoms in total. The Kier molecular flexibility index (Phi) is 2.74. The molecule has 0 aliphatic heterocycles. The second kappa shape index (κ2) is 3.61. The monoisotopic (exact) mass is 137 g/mol. The fraction of sp³-hybridized carbons (Fsp3) is 0.889. The molecule has 0 heterocycles. The first-order chi connectivity index (χ1) is 4.88. The molecular weight excluding hydrogens is 122 g/mol. The highest BCUT2D eigenvalue weighted by Crippen LogP contribution is 2.39. The van der Waals surface area contributed by atoms with Crippen molar-refractivity contribution in [2.24, 2.45) is 11.8 Å². The molecule has 1 saturated carbocycles. The molecule has 0 N–H and O–H groups in total. The lowest BCUT2D eigenvalue weighted by Crippen LogP contribution is -2.24. The molecule has 0 aromatic heterocycles. The highest BCUT2D eigenvalue weighted by atomic mass is 14.3. The third kappa shape index (κ3) is 1.50. The molecule has 1 aliphatic rings. The Bertz CT molecular complexity index is 132. The van der Waals surface area contributed by atoms with Crippen LogP contribution < -0.4 is 0 Å². The third-order valence-corrected chi connectivity index (χ3v) is 2.73. The Morgan fingerprint density at radius 3 is 2.50 bits per heavy atom. The summed E-state index contributed by atoms with van der Waals surface area (Å²) in [5.74, 6) is 1.85. The summed E-state index contributed by atoms with van der Waals surface area (Å²) in [6.07, 6.45) is 6.01. The summed E-state index contributed by atoms with van der Waals surface area (Å²) in [5.41, 5.74) is 0. The predicted octanol–water partition coefficient (Wildman–Crippen LogP) is 2.73. The van der Waals surface area contributed by atoms with Crippen molar-refractivity contribution in [3.05, 3.63) is 0 Å². The van der Waals surface area contributed by atoms with Crippen LogP contribution in [0.25, 0.3) is 0 Å². The maximum atomic E-state index is 8.34. The fourth-order valence-electron chi connectivity index (χ4n) is 1.81. The summed E-state index contributed by atoms with van der Waals surface area (Å²) in [4.78, 5) is 0. The Hall–Kier alpha value is -0.510. The van der Waals surface area contributed by atoms with Gasteiger partial charge < -0.3 is 0 Å². The van der Waals surface area contributed by atoms with Crippen molar-refractivity contribution < 1.29 is 0 Å². The quantitative estimate of drug-likeness (QED) is 0.586. The second-order valence-electron chi connectivity index (χ2n) is 3.20. The van der Waals surface area contributed by atoms with Gasteiger partial charge in [0.25, 0.3) is 0 Å². The van der Waals surface area contributed by atoms with Crippen LogP contribution in [0.4, 0.5) is 0 Å². The van der Waals surface area contributed by atoms with Crippen LogP contribution in [0.1, 0.15) is 39.0 Å². The van der Waals surface area contributed by atoms with Gasteiger partial charge in [0.1, 0.15) is 0 Å². The molecule has 0 aromatic carbocycles. The zero-order valence-corrected chi connectivity index (χ0v) is 6.64. The molecule has 10 heavy (non-hydrogen) atoms. The number of rotatable bonds is 3. The Balaban J connectivity index is 2.12. The van der Waals surface area contributed by atoms with Crippen LogP contribution in [0.15, 0.2) is 0 Å². The fourth-order valence-corrected chi connectivity index (χ4v) is 1.81. The van der Waals surface area contributed by atoms with E-state index in [1.165, 1.54) is 19.3 Å². The molecular formula is C9H15N. The van der Waals surface area contributed by atoms with Crippen LogP contribution in [0.3, 0.4) is 0 Å². The maximum absolute atomic E-state index is 8.34. The molecule has 0 aromatic rings. The summed E-state index contributed by atoms with van der Waals surface area (Å²) in [6, 6.07) is 2.21. The predicted molar refractivity (Wildman–Crippen MR) is 41.4 cm³/mol. The standard InChI is InChI=1S/C9H15N/c1-2-8-5-6-9(8)4-3-7-10/h8-9H,2-6H2,1H3. The molecule has 0 bridgehead atoms. The topological polar surface area (TPSA) is 23.8 Å². The SMILES string of the molecule is CCC1CCC1CCC#N. The van der Waals surface area contributed by atoms with E-state index in [9.17, 15) is 0 Å². The van der Waals surface area contributed by atoms with E-state index in [0.717, 1.165) is 24.7 Å². The van der Waals surface area contributed by atoms with Crippen LogP contribution in [0.2, 0.25) is 0 Å². The van der Waals surface area contributed by atoms with Gasteiger partial charge in [-0.2, -0.15) is 5.26 Å². The minimum atomic E-state index is 0.765. The van der Waals surface area contributed by atoms with Gasteiger partial charge >= 0.3 is 0 Å². The van der Waals surface area contributed by atoms with Crippen LogP contribution >= 0.6 is 0 Å². The molecule has 1 rings (SSSR count). The summed E-state index contributed by atoms with van der Waals surface area (Å²) in [5, 5.41) is 8.34. The van der Waals surface area contributed by atoms with Crippen LogP contribution in [0.5, 0.6) is 0 Å². The normalized spacial score (nSPS) is 30.8. The van der Waals surface area contributed by atoms with Gasteiger partial charge in [-0.1, -0.05) is 13.3 Å². The van der Waals surface area contributed by atoms with E-state index in [2.05, 4.69) is 13.0 Å². The smallest absolute Gasteiger partial charge is 0.0621 e. The van der Waals surface area contributed by atoms with Gasteiger partial charge in [-0.25, -0.2) is 0 Å². The van der Waals surface area contributed by atoms with Crippen LogP contribution in [-0.2, 0) is 0 Å². The van der Waals surface area contributed by atoms with Crippen molar-refractivity contribution in [2.45, 2.75) is 39.0 Å². The first-order valence-electron chi connectivity index (χ1n) is 4.25. The summed E-state index contributed by atoms with van der Waals surface area (Å²) in [6.45, 7) is 2.25. The van der Waals surface area contributed by atoms with E-state index in [-0.39, 0.29) is 0 Å². The van der Waals surface area contributed by atoms with Crippen molar-refractivity contribution in [2.75, 3.05) is 0 Å². The molecule has 0 spiro atoms. The first-order valence-corrected chi connectivity index (χ1v) is 4.25. The van der Waals surface area contributed by atoms with E-state index in [4.69, 9.17) is 5.26 Å². The van der Waals surface area contributed by atoms with Crippen molar-refractivity contribution >= 4 is 0 Å². The lowest BCUT2D eigenvalue weighted by atomic mass is 9.70. The zero-order valence-electron chi connectivity index (χ0n) is 6.64. The Labute approximate surface area is 63.0 Å². The Morgan fingerprint density at radius 1 is 1.40 bits per heavy atom. The highest BCUT2D eigenvalue weighted by molar-refractivity contribution is 4.82. The molecule has 2 unspecified atom stereocenters. The molecule has 2 atom stereocenters. The molecule has 1 aliphatic carbocycles. The van der Waals surface area contributed by atoms with Crippen molar-refractivity contribution in [3.63, 3.8) is 0 Å². The largest absolute Gasteiger partial charge is 0.198 e. The van der Waals surface area contributed by atoms with Gasteiger partial charge in [0, 0.05) is 6.42 Å². The summed E-state index contributed by atoms with van der Waals surface area (Å²) < 4.78 is 0. The number of nitriles is 1. The number of nitrogens with zero attached hydrogens (tertiary/aromatic N) is 1. The maximum Gasteiger partial charge on any atom is 0.0621 e. The number of hydrogen-bond acceptors (Lipinski definition) is 1. The summed E-state index contributed by atoms with van der Waals surface area (Å²) in [7, 11) is 0. The minimum absolute atomic E-state index is 0.765. The van der Waals surface area contributed by atoms with Crippen molar-refractivity contribution in [1.29, 1.82) is 5.26 Å². The van der Waals surface area contributed by atoms with Gasteiger partial charge in [-0.3, -0.25) is 0 Å². The van der Waals surface area contributed by atoms with Gasteiger partial charge in [0.05, 0.1) is 6.07 Å². The molecule has 0 saturated heterocycles. The van der Waals surface area contributed by atoms with E-state index in [1.807, 2.05) is 0 Å². The summed E-state index contributed by atoms with van der Waals surface area (Å²) >= 11 is 0. The lowest BCUT2D eigenvalue weighted by Gasteiger charge is -2.35. The zero-order chi connectivity index (χ0) is 7.40. The highest BCUT2D eigenvalue weighted by Gasteiger charge is 2.27. The van der Waals surface area contributed by atoms with Crippen molar-refractivity contribution in [1.82, 2.24) is 0 Å². The van der Waals surface area contributed by atoms with Crippen LogP contribution in [0, 0.1) is 23.2 Å². The average Bonchev–Trinajstić information content (AvgIpc) is 1.88.